The normalized spacial score (nSPS) is 12.1. The minimum absolute atomic E-state index is 0.245. The van der Waals surface area contributed by atoms with Crippen molar-refractivity contribution < 1.29 is 9.84 Å². The lowest BCUT2D eigenvalue weighted by atomic mass is 10.2. The molecular weight excluding hydrogens is 334 g/mol. The van der Waals surface area contributed by atoms with Crippen molar-refractivity contribution in [2.75, 3.05) is 12.4 Å². The quantitative estimate of drug-likeness (QED) is 0.658. The third-order valence-corrected chi connectivity index (χ3v) is 4.75. The molecule has 0 bridgehead atoms. The van der Waals surface area contributed by atoms with E-state index in [1.807, 2.05) is 54.0 Å². The summed E-state index contributed by atoms with van der Waals surface area (Å²) in [5, 5.41) is 19.3. The lowest BCUT2D eigenvalue weighted by Gasteiger charge is -2.13. The molecule has 1 aromatic heterocycles. The highest BCUT2D eigenvalue weighted by molar-refractivity contribution is 7.99. The van der Waals surface area contributed by atoms with E-state index >= 15 is 0 Å². The molecule has 0 amide bonds. The minimum atomic E-state index is -0.589. The van der Waals surface area contributed by atoms with Crippen LogP contribution in [0.2, 0.25) is 0 Å². The first-order valence-electron chi connectivity index (χ1n) is 8.11. The highest BCUT2D eigenvalue weighted by Gasteiger charge is 2.14. The molecule has 3 rings (SSSR count). The Morgan fingerprint density at radius 2 is 1.76 bits per heavy atom. The van der Waals surface area contributed by atoms with Crippen molar-refractivity contribution in [2.45, 2.75) is 25.1 Å². The van der Waals surface area contributed by atoms with Gasteiger partial charge in [-0.1, -0.05) is 47.7 Å². The van der Waals surface area contributed by atoms with Gasteiger partial charge in [0.05, 0.1) is 6.10 Å². The predicted molar refractivity (Wildman–Crippen MR) is 99.5 cm³/mol. The van der Waals surface area contributed by atoms with Gasteiger partial charge in [0.2, 0.25) is 0 Å². The van der Waals surface area contributed by atoms with Crippen molar-refractivity contribution >= 4 is 11.8 Å². The summed E-state index contributed by atoms with van der Waals surface area (Å²) in [7, 11) is 0. The molecule has 1 N–H and O–H groups in total. The Morgan fingerprint density at radius 1 is 1.04 bits per heavy atom. The monoisotopic (exact) mass is 355 g/mol. The number of aromatic nitrogens is 3. The van der Waals surface area contributed by atoms with E-state index in [2.05, 4.69) is 29.3 Å². The number of nitrogens with zero attached hydrogens (tertiary/aromatic N) is 3. The Bertz CT molecular complexity index is 803. The molecule has 0 aliphatic rings. The van der Waals surface area contributed by atoms with E-state index in [1.54, 1.807) is 0 Å². The van der Waals surface area contributed by atoms with Gasteiger partial charge in [-0.25, -0.2) is 0 Å². The van der Waals surface area contributed by atoms with Gasteiger partial charge in [0.25, 0.3) is 0 Å². The highest BCUT2D eigenvalue weighted by atomic mass is 32.2. The van der Waals surface area contributed by atoms with Gasteiger partial charge < -0.3 is 9.84 Å². The van der Waals surface area contributed by atoms with E-state index in [0.29, 0.717) is 5.75 Å². The van der Waals surface area contributed by atoms with Crippen LogP contribution in [0.25, 0.3) is 5.69 Å². The van der Waals surface area contributed by atoms with Crippen molar-refractivity contribution in [2.24, 2.45) is 0 Å². The average Bonchev–Trinajstić information content (AvgIpc) is 3.00. The van der Waals surface area contributed by atoms with Crippen LogP contribution in [0, 0.1) is 13.8 Å². The van der Waals surface area contributed by atoms with Gasteiger partial charge in [-0.15, -0.1) is 10.2 Å². The van der Waals surface area contributed by atoms with Crippen molar-refractivity contribution in [3.63, 3.8) is 0 Å². The van der Waals surface area contributed by atoms with Gasteiger partial charge >= 0.3 is 0 Å². The van der Waals surface area contributed by atoms with Gasteiger partial charge in [-0.05, 0) is 38.1 Å². The summed E-state index contributed by atoms with van der Waals surface area (Å²) < 4.78 is 7.58. The Morgan fingerprint density at radius 3 is 2.48 bits per heavy atom. The summed E-state index contributed by atoms with van der Waals surface area (Å²) in [6.45, 7) is 4.22. The van der Waals surface area contributed by atoms with Crippen LogP contribution in [-0.2, 0) is 0 Å². The first-order valence-corrected chi connectivity index (χ1v) is 9.10. The average molecular weight is 355 g/mol. The molecule has 25 heavy (non-hydrogen) atoms. The maximum Gasteiger partial charge on any atom is 0.195 e. The summed E-state index contributed by atoms with van der Waals surface area (Å²) in [4.78, 5) is 0. The first-order chi connectivity index (χ1) is 12.1. The number of aliphatic hydroxyl groups is 1. The van der Waals surface area contributed by atoms with E-state index in [1.165, 1.54) is 17.3 Å². The van der Waals surface area contributed by atoms with Gasteiger partial charge in [-0.2, -0.15) is 0 Å². The number of rotatable bonds is 7. The van der Waals surface area contributed by atoms with Crippen LogP contribution in [0.15, 0.2) is 59.8 Å². The van der Waals surface area contributed by atoms with Crippen LogP contribution in [-0.4, -0.2) is 38.3 Å². The van der Waals surface area contributed by atoms with Crippen molar-refractivity contribution in [3.05, 3.63) is 66.0 Å². The summed E-state index contributed by atoms with van der Waals surface area (Å²) >= 11 is 1.47. The lowest BCUT2D eigenvalue weighted by Crippen LogP contribution is -2.20. The van der Waals surface area contributed by atoms with Crippen LogP contribution in [0.1, 0.15) is 11.4 Å². The fraction of sp³-hybridized carbons (Fsp3) is 0.263. The van der Waals surface area contributed by atoms with Crippen LogP contribution in [0.5, 0.6) is 5.75 Å². The second-order valence-corrected chi connectivity index (χ2v) is 6.78. The van der Waals surface area contributed by atoms with Crippen LogP contribution in [0.4, 0.5) is 0 Å². The smallest absolute Gasteiger partial charge is 0.195 e. The van der Waals surface area contributed by atoms with E-state index in [4.69, 9.17) is 4.74 Å². The molecule has 6 heteroatoms. The Kier molecular flexibility index (Phi) is 5.73. The topological polar surface area (TPSA) is 60.2 Å². The van der Waals surface area contributed by atoms with E-state index in [-0.39, 0.29) is 6.61 Å². The number of ether oxygens (including phenoxy) is 1. The standard InChI is InChI=1S/C19H21N3O2S/c1-14-8-10-16(11-9-14)22-15(2)20-21-19(22)25-13-17(23)12-24-18-6-4-3-5-7-18/h3-11,17,23H,12-13H2,1-2H3/t17-/m0/s1. The molecule has 130 valence electrons. The molecule has 0 unspecified atom stereocenters. The molecule has 0 aliphatic carbocycles. The first kappa shape index (κ1) is 17.5. The van der Waals surface area contributed by atoms with Crippen LogP contribution < -0.4 is 4.74 Å². The molecule has 5 nitrogen and oxygen atoms in total. The molecule has 1 atom stereocenters. The Labute approximate surface area is 151 Å². The zero-order valence-corrected chi connectivity index (χ0v) is 15.1. The third-order valence-electron chi connectivity index (χ3n) is 3.68. The van der Waals surface area contributed by atoms with Gasteiger partial charge in [-0.3, -0.25) is 4.57 Å². The Hall–Kier alpha value is -2.31. The molecule has 2 aromatic carbocycles. The second-order valence-electron chi connectivity index (χ2n) is 5.79. The fourth-order valence-electron chi connectivity index (χ4n) is 2.36. The van der Waals surface area contributed by atoms with E-state index in [0.717, 1.165) is 22.4 Å². The van der Waals surface area contributed by atoms with E-state index in [9.17, 15) is 5.11 Å². The summed E-state index contributed by atoms with van der Waals surface area (Å²) in [6, 6.07) is 17.7. The zero-order valence-electron chi connectivity index (χ0n) is 14.3. The molecule has 0 saturated heterocycles. The summed E-state index contributed by atoms with van der Waals surface area (Å²) in [6.07, 6.45) is -0.589. The summed E-state index contributed by atoms with van der Waals surface area (Å²) in [5.41, 5.74) is 2.22. The zero-order chi connectivity index (χ0) is 17.6. The molecule has 3 aromatic rings. The molecule has 0 radical (unpaired) electrons. The second kappa shape index (κ2) is 8.18. The van der Waals surface area contributed by atoms with Crippen LogP contribution in [0.3, 0.4) is 0 Å². The van der Waals surface area contributed by atoms with Gasteiger partial charge in [0, 0.05) is 11.4 Å². The molecule has 1 heterocycles. The van der Waals surface area contributed by atoms with Gasteiger partial charge in [0.1, 0.15) is 18.2 Å². The number of para-hydroxylation sites is 1. The number of hydrogen-bond acceptors (Lipinski definition) is 5. The van der Waals surface area contributed by atoms with Crippen molar-refractivity contribution in [3.8, 4) is 11.4 Å². The SMILES string of the molecule is Cc1ccc(-n2c(C)nnc2SC[C@@H](O)COc2ccccc2)cc1. The largest absolute Gasteiger partial charge is 0.491 e. The molecule has 0 spiro atoms. The molecule has 0 aliphatic heterocycles. The molecule has 0 saturated carbocycles. The molecule has 0 fully saturated rings. The fourth-order valence-corrected chi connectivity index (χ4v) is 3.26. The number of hydrogen-bond donors (Lipinski definition) is 1. The lowest BCUT2D eigenvalue weighted by molar-refractivity contribution is 0.126. The Balaban J connectivity index is 1.61. The van der Waals surface area contributed by atoms with Gasteiger partial charge in [0.15, 0.2) is 5.16 Å². The number of benzene rings is 2. The number of thioether (sulfide) groups is 1. The maximum atomic E-state index is 10.2. The van der Waals surface area contributed by atoms with E-state index < -0.39 is 6.10 Å². The van der Waals surface area contributed by atoms with Crippen LogP contribution >= 0.6 is 11.8 Å². The van der Waals surface area contributed by atoms with Crippen molar-refractivity contribution in [1.29, 1.82) is 0 Å². The minimum Gasteiger partial charge on any atom is -0.491 e. The number of aliphatic hydroxyl groups excluding tert-OH is 1. The third kappa shape index (κ3) is 4.61. The predicted octanol–water partition coefficient (Wildman–Crippen LogP) is 3.42. The summed E-state index contributed by atoms with van der Waals surface area (Å²) in [5.74, 6) is 2.06. The highest BCUT2D eigenvalue weighted by Crippen LogP contribution is 2.23. The maximum absolute atomic E-state index is 10.2. The van der Waals surface area contributed by atoms with Crippen molar-refractivity contribution in [1.82, 2.24) is 14.8 Å². The number of aryl methyl sites for hydroxylation is 2. The molecular formula is C19H21N3O2S.